The molecule has 90 valence electrons. The zero-order valence-electron chi connectivity index (χ0n) is 9.56. The first-order valence-corrected chi connectivity index (χ1v) is 5.36. The van der Waals surface area contributed by atoms with Crippen molar-refractivity contribution < 1.29 is 9.13 Å². The molecule has 0 aromatic heterocycles. The van der Waals surface area contributed by atoms with Crippen molar-refractivity contribution in [3.63, 3.8) is 0 Å². The van der Waals surface area contributed by atoms with Gasteiger partial charge in [-0.05, 0) is 24.3 Å². The summed E-state index contributed by atoms with van der Waals surface area (Å²) in [5.74, 6) is 0.0600. The molecule has 0 unspecified atom stereocenters. The Morgan fingerprint density at radius 2 is 2.00 bits per heavy atom. The maximum atomic E-state index is 13.6. The van der Waals surface area contributed by atoms with Gasteiger partial charge in [0.15, 0.2) is 5.82 Å². The van der Waals surface area contributed by atoms with Crippen LogP contribution >= 0.6 is 0 Å². The first-order valence-electron chi connectivity index (χ1n) is 5.36. The molecule has 2 rings (SSSR count). The summed E-state index contributed by atoms with van der Waals surface area (Å²) < 4.78 is 19.0. The fourth-order valence-corrected chi connectivity index (χ4v) is 1.53. The van der Waals surface area contributed by atoms with Crippen molar-refractivity contribution in [2.75, 3.05) is 5.73 Å². The van der Waals surface area contributed by atoms with Gasteiger partial charge in [-0.1, -0.05) is 18.2 Å². The zero-order valence-corrected chi connectivity index (χ0v) is 9.56. The molecule has 0 saturated carbocycles. The molecule has 2 N–H and O–H groups in total. The number of rotatable bonds is 3. The van der Waals surface area contributed by atoms with Gasteiger partial charge in [0.1, 0.15) is 12.4 Å². The van der Waals surface area contributed by atoms with E-state index in [0.29, 0.717) is 16.9 Å². The molecule has 0 aliphatic rings. The van der Waals surface area contributed by atoms with Crippen LogP contribution in [-0.2, 0) is 6.61 Å². The Balaban J connectivity index is 2.12. The second-order valence-corrected chi connectivity index (χ2v) is 3.75. The fourth-order valence-electron chi connectivity index (χ4n) is 1.53. The van der Waals surface area contributed by atoms with Crippen molar-refractivity contribution >= 4 is 5.69 Å². The summed E-state index contributed by atoms with van der Waals surface area (Å²) in [5.41, 5.74) is 6.45. The molecule has 0 amide bonds. The number of nitrogen functional groups attached to an aromatic ring is 1. The lowest BCUT2D eigenvalue weighted by atomic mass is 10.2. The molecule has 18 heavy (non-hydrogen) atoms. The van der Waals surface area contributed by atoms with E-state index in [2.05, 4.69) is 0 Å². The Labute approximate surface area is 104 Å². The number of nitriles is 1. The molecular formula is C14H11FN2O. The highest BCUT2D eigenvalue weighted by Crippen LogP contribution is 2.18. The van der Waals surface area contributed by atoms with Crippen LogP contribution in [0.4, 0.5) is 10.1 Å². The van der Waals surface area contributed by atoms with Crippen molar-refractivity contribution in [2.24, 2.45) is 0 Å². The minimum Gasteiger partial charge on any atom is -0.489 e. The van der Waals surface area contributed by atoms with Gasteiger partial charge in [-0.3, -0.25) is 0 Å². The van der Waals surface area contributed by atoms with Crippen molar-refractivity contribution in [1.82, 2.24) is 0 Å². The third-order valence-corrected chi connectivity index (χ3v) is 2.47. The van der Waals surface area contributed by atoms with Gasteiger partial charge in [-0.15, -0.1) is 0 Å². The molecule has 0 atom stereocenters. The summed E-state index contributed by atoms with van der Waals surface area (Å²) in [7, 11) is 0. The summed E-state index contributed by atoms with van der Waals surface area (Å²) in [4.78, 5) is 0. The highest BCUT2D eigenvalue weighted by Gasteiger charge is 2.06. The van der Waals surface area contributed by atoms with Crippen LogP contribution in [0.1, 0.15) is 11.1 Å². The number of anilines is 1. The van der Waals surface area contributed by atoms with Crippen LogP contribution in [0.5, 0.6) is 5.75 Å². The molecule has 0 heterocycles. The maximum absolute atomic E-state index is 13.6. The van der Waals surface area contributed by atoms with Crippen molar-refractivity contribution in [2.45, 2.75) is 6.61 Å². The normalized spacial score (nSPS) is 9.78. The minimum atomic E-state index is -0.464. The Hall–Kier alpha value is -2.54. The molecular weight excluding hydrogens is 231 g/mol. The SMILES string of the molecule is N#Cc1cccc(OCc2cccc(N)c2F)c1. The van der Waals surface area contributed by atoms with Crippen LogP contribution in [0.15, 0.2) is 42.5 Å². The van der Waals surface area contributed by atoms with Crippen LogP contribution in [0.2, 0.25) is 0 Å². The van der Waals surface area contributed by atoms with E-state index in [1.54, 1.807) is 36.4 Å². The van der Waals surface area contributed by atoms with Gasteiger partial charge in [-0.25, -0.2) is 4.39 Å². The largest absolute Gasteiger partial charge is 0.489 e. The van der Waals surface area contributed by atoms with E-state index in [9.17, 15) is 4.39 Å². The maximum Gasteiger partial charge on any atom is 0.152 e. The van der Waals surface area contributed by atoms with Crippen molar-refractivity contribution in [3.05, 3.63) is 59.4 Å². The van der Waals surface area contributed by atoms with Gasteiger partial charge in [0.25, 0.3) is 0 Å². The van der Waals surface area contributed by atoms with E-state index in [1.165, 1.54) is 6.07 Å². The van der Waals surface area contributed by atoms with Gasteiger partial charge in [0.05, 0.1) is 17.3 Å². The third-order valence-electron chi connectivity index (χ3n) is 2.47. The van der Waals surface area contributed by atoms with E-state index in [1.807, 2.05) is 6.07 Å². The molecule has 0 aliphatic carbocycles. The minimum absolute atomic E-state index is 0.0752. The Morgan fingerprint density at radius 1 is 1.22 bits per heavy atom. The van der Waals surface area contributed by atoms with Crippen molar-refractivity contribution in [1.29, 1.82) is 5.26 Å². The second kappa shape index (κ2) is 5.19. The highest BCUT2D eigenvalue weighted by atomic mass is 19.1. The molecule has 0 saturated heterocycles. The lowest BCUT2D eigenvalue weighted by Crippen LogP contribution is -2.01. The zero-order chi connectivity index (χ0) is 13.0. The summed E-state index contributed by atoms with van der Waals surface area (Å²) in [5, 5.41) is 8.75. The number of benzene rings is 2. The van der Waals surface area contributed by atoms with Crippen LogP contribution in [0.3, 0.4) is 0 Å². The lowest BCUT2D eigenvalue weighted by Gasteiger charge is -2.08. The van der Waals surface area contributed by atoms with Gasteiger partial charge in [0.2, 0.25) is 0 Å². The van der Waals surface area contributed by atoms with Crippen LogP contribution < -0.4 is 10.5 Å². The summed E-state index contributed by atoms with van der Waals surface area (Å²) >= 11 is 0. The van der Waals surface area contributed by atoms with Gasteiger partial charge in [0, 0.05) is 5.56 Å². The Kier molecular flexibility index (Phi) is 3.44. The van der Waals surface area contributed by atoms with Crippen LogP contribution in [0, 0.1) is 17.1 Å². The van der Waals surface area contributed by atoms with Gasteiger partial charge >= 0.3 is 0 Å². The van der Waals surface area contributed by atoms with E-state index >= 15 is 0 Å². The monoisotopic (exact) mass is 242 g/mol. The Morgan fingerprint density at radius 3 is 2.78 bits per heavy atom. The molecule has 2 aromatic rings. The van der Waals surface area contributed by atoms with E-state index < -0.39 is 5.82 Å². The molecule has 0 bridgehead atoms. The second-order valence-electron chi connectivity index (χ2n) is 3.75. The quantitative estimate of drug-likeness (QED) is 0.842. The van der Waals surface area contributed by atoms with Crippen LogP contribution in [0.25, 0.3) is 0 Å². The lowest BCUT2D eigenvalue weighted by molar-refractivity contribution is 0.300. The topological polar surface area (TPSA) is 59.0 Å². The number of hydrogen-bond donors (Lipinski definition) is 1. The molecule has 0 fully saturated rings. The molecule has 3 nitrogen and oxygen atoms in total. The molecule has 4 heteroatoms. The first kappa shape index (κ1) is 11.9. The number of nitrogens with zero attached hydrogens (tertiary/aromatic N) is 1. The molecule has 0 aliphatic heterocycles. The predicted octanol–water partition coefficient (Wildman–Crippen LogP) is 2.86. The standard InChI is InChI=1S/C14H11FN2O/c15-14-11(4-2-6-13(14)17)9-18-12-5-1-3-10(7-12)8-16/h1-7H,9,17H2. The molecule has 2 aromatic carbocycles. The summed E-state index contributed by atoms with van der Waals surface area (Å²) in [6.45, 7) is 0.0752. The first-order chi connectivity index (χ1) is 8.70. The average Bonchev–Trinajstić information content (AvgIpc) is 2.41. The molecule has 0 spiro atoms. The van der Waals surface area contributed by atoms with Crippen LogP contribution in [-0.4, -0.2) is 0 Å². The van der Waals surface area contributed by atoms with Gasteiger partial charge in [-0.2, -0.15) is 5.26 Å². The number of ether oxygens (including phenoxy) is 1. The van der Waals surface area contributed by atoms with Gasteiger partial charge < -0.3 is 10.5 Å². The molecule has 0 radical (unpaired) electrons. The number of nitrogens with two attached hydrogens (primary N) is 1. The third kappa shape index (κ3) is 2.58. The highest BCUT2D eigenvalue weighted by molar-refractivity contribution is 5.43. The van der Waals surface area contributed by atoms with E-state index in [0.717, 1.165) is 0 Å². The number of halogens is 1. The van der Waals surface area contributed by atoms with E-state index in [4.69, 9.17) is 15.7 Å². The van der Waals surface area contributed by atoms with E-state index in [-0.39, 0.29) is 12.3 Å². The summed E-state index contributed by atoms with van der Waals surface area (Å²) in [6.07, 6.45) is 0. The predicted molar refractivity (Wildman–Crippen MR) is 66.3 cm³/mol. The average molecular weight is 242 g/mol. The fraction of sp³-hybridized carbons (Fsp3) is 0.0714. The van der Waals surface area contributed by atoms with Crippen molar-refractivity contribution in [3.8, 4) is 11.8 Å². The smallest absolute Gasteiger partial charge is 0.152 e. The summed E-state index contributed by atoms with van der Waals surface area (Å²) in [6, 6.07) is 13.5. The Bertz CT molecular complexity index is 605. The number of hydrogen-bond acceptors (Lipinski definition) is 3.